The van der Waals surface area contributed by atoms with Gasteiger partial charge in [-0.3, -0.25) is 4.79 Å². The molecular weight excluding hydrogens is 266 g/mol. The number of carbonyl (C=O) groups excluding carboxylic acids is 1. The largest absolute Gasteiger partial charge is 0.480 e. The van der Waals surface area contributed by atoms with Crippen LogP contribution in [-0.4, -0.2) is 22.2 Å². The lowest BCUT2D eigenvalue weighted by atomic mass is 10.1. The summed E-state index contributed by atoms with van der Waals surface area (Å²) >= 11 is 5.63. The van der Waals surface area contributed by atoms with Crippen LogP contribution in [0, 0.1) is 0 Å². The molecule has 0 saturated heterocycles. The van der Waals surface area contributed by atoms with Gasteiger partial charge in [0, 0.05) is 6.42 Å². The number of ether oxygens (including phenoxy) is 1. The summed E-state index contributed by atoms with van der Waals surface area (Å²) in [5, 5.41) is 10.4. The van der Waals surface area contributed by atoms with Gasteiger partial charge in [0.2, 0.25) is 0 Å². The minimum atomic E-state index is -0.533. The summed E-state index contributed by atoms with van der Waals surface area (Å²) < 4.78 is 5.58. The first-order valence-electron chi connectivity index (χ1n) is 5.77. The number of aromatic nitrogens is 2. The molecule has 0 aliphatic carbocycles. The SMILES string of the molecule is O=C(Nc1ccc(Cl)nn1)C1Cc2ccccc2O1. The Balaban J connectivity index is 1.68. The molecule has 1 aliphatic rings. The lowest BCUT2D eigenvalue weighted by molar-refractivity contribution is -0.122. The van der Waals surface area contributed by atoms with Crippen molar-refractivity contribution in [3.05, 3.63) is 47.1 Å². The second-order valence-corrected chi connectivity index (χ2v) is 4.54. The first-order chi connectivity index (χ1) is 9.22. The van der Waals surface area contributed by atoms with Gasteiger partial charge in [0.15, 0.2) is 17.1 Å². The lowest BCUT2D eigenvalue weighted by Crippen LogP contribution is -2.31. The Labute approximate surface area is 114 Å². The topological polar surface area (TPSA) is 64.1 Å². The maximum absolute atomic E-state index is 12.0. The number of amides is 1. The first-order valence-corrected chi connectivity index (χ1v) is 6.15. The van der Waals surface area contributed by atoms with Gasteiger partial charge in [0.1, 0.15) is 5.75 Å². The monoisotopic (exact) mass is 275 g/mol. The molecule has 0 fully saturated rings. The fraction of sp³-hybridized carbons (Fsp3) is 0.154. The molecule has 19 heavy (non-hydrogen) atoms. The summed E-state index contributed by atoms with van der Waals surface area (Å²) in [5.41, 5.74) is 1.03. The Morgan fingerprint density at radius 1 is 1.26 bits per heavy atom. The number of rotatable bonds is 2. The van der Waals surface area contributed by atoms with E-state index in [4.69, 9.17) is 16.3 Å². The van der Waals surface area contributed by atoms with E-state index in [-0.39, 0.29) is 11.1 Å². The zero-order valence-corrected chi connectivity index (χ0v) is 10.6. The molecule has 0 saturated carbocycles. The van der Waals surface area contributed by atoms with Gasteiger partial charge in [0.25, 0.3) is 5.91 Å². The summed E-state index contributed by atoms with van der Waals surface area (Å²) in [6.45, 7) is 0. The molecule has 3 rings (SSSR count). The summed E-state index contributed by atoms with van der Waals surface area (Å²) in [6.07, 6.45) is 0.0260. The molecule has 1 aromatic carbocycles. The number of para-hydroxylation sites is 1. The highest BCUT2D eigenvalue weighted by molar-refractivity contribution is 6.29. The van der Waals surface area contributed by atoms with E-state index in [9.17, 15) is 4.79 Å². The van der Waals surface area contributed by atoms with E-state index < -0.39 is 6.10 Å². The lowest BCUT2D eigenvalue weighted by Gasteiger charge is -2.10. The van der Waals surface area contributed by atoms with Crippen molar-refractivity contribution in [1.29, 1.82) is 0 Å². The van der Waals surface area contributed by atoms with Crippen molar-refractivity contribution < 1.29 is 9.53 Å². The molecule has 0 radical (unpaired) electrons. The van der Waals surface area contributed by atoms with Gasteiger partial charge in [-0.1, -0.05) is 29.8 Å². The maximum Gasteiger partial charge on any atom is 0.266 e. The molecule has 0 bridgehead atoms. The third-order valence-corrected chi connectivity index (χ3v) is 3.02. The Bertz CT molecular complexity index is 591. The molecule has 0 spiro atoms. The van der Waals surface area contributed by atoms with Crippen LogP contribution < -0.4 is 10.1 Å². The van der Waals surface area contributed by atoms with E-state index in [0.29, 0.717) is 12.2 Å². The van der Waals surface area contributed by atoms with Crippen molar-refractivity contribution in [1.82, 2.24) is 10.2 Å². The summed E-state index contributed by atoms with van der Waals surface area (Å²) in [6, 6.07) is 10.8. The number of nitrogens with zero attached hydrogens (tertiary/aromatic N) is 2. The maximum atomic E-state index is 12.0. The number of fused-ring (bicyclic) bond motifs is 1. The third kappa shape index (κ3) is 2.51. The van der Waals surface area contributed by atoms with Crippen LogP contribution in [0.25, 0.3) is 0 Å². The second-order valence-electron chi connectivity index (χ2n) is 4.15. The van der Waals surface area contributed by atoms with Crippen LogP contribution in [0.2, 0.25) is 5.15 Å². The van der Waals surface area contributed by atoms with Crippen LogP contribution in [0.1, 0.15) is 5.56 Å². The van der Waals surface area contributed by atoms with E-state index in [0.717, 1.165) is 11.3 Å². The van der Waals surface area contributed by atoms with Gasteiger partial charge in [-0.2, -0.15) is 0 Å². The Morgan fingerprint density at radius 2 is 2.11 bits per heavy atom. The molecule has 96 valence electrons. The fourth-order valence-corrected chi connectivity index (χ4v) is 2.02. The number of carbonyl (C=O) groups is 1. The zero-order chi connectivity index (χ0) is 13.2. The standard InChI is InChI=1S/C13H10ClN3O2/c14-11-5-6-12(17-16-11)15-13(18)10-7-8-3-1-2-4-9(8)19-10/h1-6,10H,7H2,(H,15,17,18). The molecular formula is C13H10ClN3O2. The molecule has 2 heterocycles. The van der Waals surface area contributed by atoms with Crippen molar-refractivity contribution in [3.8, 4) is 5.75 Å². The molecule has 2 aromatic rings. The molecule has 1 unspecified atom stereocenters. The number of hydrogen-bond donors (Lipinski definition) is 1. The zero-order valence-electron chi connectivity index (χ0n) is 9.84. The molecule has 5 nitrogen and oxygen atoms in total. The third-order valence-electron chi connectivity index (χ3n) is 2.82. The minimum Gasteiger partial charge on any atom is -0.480 e. The van der Waals surface area contributed by atoms with Gasteiger partial charge in [-0.25, -0.2) is 0 Å². The predicted molar refractivity (Wildman–Crippen MR) is 70.2 cm³/mol. The van der Waals surface area contributed by atoms with E-state index in [1.165, 1.54) is 0 Å². The van der Waals surface area contributed by atoms with Crippen molar-refractivity contribution >= 4 is 23.3 Å². The van der Waals surface area contributed by atoms with Crippen LogP contribution in [0.5, 0.6) is 5.75 Å². The average Bonchev–Trinajstić information content (AvgIpc) is 2.85. The van der Waals surface area contributed by atoms with Crippen LogP contribution in [0.15, 0.2) is 36.4 Å². The van der Waals surface area contributed by atoms with Gasteiger partial charge in [0.05, 0.1) is 0 Å². The van der Waals surface area contributed by atoms with Crippen molar-refractivity contribution in [3.63, 3.8) is 0 Å². The number of hydrogen-bond acceptors (Lipinski definition) is 4. The molecule has 6 heteroatoms. The Morgan fingerprint density at radius 3 is 2.84 bits per heavy atom. The van der Waals surface area contributed by atoms with E-state index in [2.05, 4.69) is 15.5 Å². The molecule has 1 N–H and O–H groups in total. The van der Waals surface area contributed by atoms with Crippen molar-refractivity contribution in [2.24, 2.45) is 0 Å². The smallest absolute Gasteiger partial charge is 0.266 e. The van der Waals surface area contributed by atoms with Crippen LogP contribution in [-0.2, 0) is 11.2 Å². The van der Waals surface area contributed by atoms with Crippen molar-refractivity contribution in [2.45, 2.75) is 12.5 Å². The highest BCUT2D eigenvalue weighted by Crippen LogP contribution is 2.28. The van der Waals surface area contributed by atoms with Gasteiger partial charge in [-0.05, 0) is 23.8 Å². The Kier molecular flexibility index (Phi) is 3.05. The highest BCUT2D eigenvalue weighted by atomic mass is 35.5. The van der Waals surface area contributed by atoms with Gasteiger partial charge in [-0.15, -0.1) is 10.2 Å². The predicted octanol–water partition coefficient (Wildman–Crippen LogP) is 2.07. The van der Waals surface area contributed by atoms with Gasteiger partial charge >= 0.3 is 0 Å². The van der Waals surface area contributed by atoms with Crippen LogP contribution in [0.3, 0.4) is 0 Å². The molecule has 1 aromatic heterocycles. The fourth-order valence-electron chi connectivity index (χ4n) is 1.92. The molecule has 1 atom stereocenters. The summed E-state index contributed by atoms with van der Waals surface area (Å²) in [5.74, 6) is 0.867. The van der Waals surface area contributed by atoms with Crippen LogP contribution in [0.4, 0.5) is 5.82 Å². The summed E-state index contributed by atoms with van der Waals surface area (Å²) in [4.78, 5) is 12.0. The van der Waals surface area contributed by atoms with Crippen molar-refractivity contribution in [2.75, 3.05) is 5.32 Å². The van der Waals surface area contributed by atoms with E-state index in [1.54, 1.807) is 12.1 Å². The Hall–Kier alpha value is -2.14. The number of anilines is 1. The molecule has 1 amide bonds. The second kappa shape index (κ2) is 4.85. The number of nitrogens with one attached hydrogen (secondary N) is 1. The summed E-state index contributed by atoms with van der Waals surface area (Å²) in [7, 11) is 0. The quantitative estimate of drug-likeness (QED) is 0.911. The minimum absolute atomic E-state index is 0.243. The van der Waals surface area contributed by atoms with E-state index >= 15 is 0 Å². The number of benzene rings is 1. The number of halogens is 1. The molecule has 1 aliphatic heterocycles. The first kappa shape index (κ1) is 11.9. The van der Waals surface area contributed by atoms with Gasteiger partial charge < -0.3 is 10.1 Å². The normalized spacial score (nSPS) is 16.6. The van der Waals surface area contributed by atoms with Crippen LogP contribution >= 0.6 is 11.6 Å². The highest BCUT2D eigenvalue weighted by Gasteiger charge is 2.28. The average molecular weight is 276 g/mol. The van der Waals surface area contributed by atoms with E-state index in [1.807, 2.05) is 24.3 Å².